The quantitative estimate of drug-likeness (QED) is 0.123. The van der Waals surface area contributed by atoms with Crippen molar-refractivity contribution in [2.24, 2.45) is 0 Å². The number of rotatable bonds is 10. The smallest absolute Gasteiger partial charge is 0.180 e. The first-order valence-corrected chi connectivity index (χ1v) is 30.7. The number of hydrogen-bond acceptors (Lipinski definition) is 1. The molecule has 3 aliphatic rings. The third-order valence-electron chi connectivity index (χ3n) is 18.3. The van der Waals surface area contributed by atoms with Gasteiger partial charge >= 0.3 is 0 Å². The van der Waals surface area contributed by atoms with E-state index < -0.39 is 18.9 Å². The zero-order valence-corrected chi connectivity index (χ0v) is 46.2. The Morgan fingerprint density at radius 3 is 1.15 bits per heavy atom. The van der Waals surface area contributed by atoms with Crippen molar-refractivity contribution < 1.29 is 0 Å². The van der Waals surface area contributed by atoms with Gasteiger partial charge in [-0.2, -0.15) is 0 Å². The summed E-state index contributed by atoms with van der Waals surface area (Å²) in [4.78, 5) is 2.50. The van der Waals surface area contributed by atoms with Crippen LogP contribution in [-0.2, 0) is 10.8 Å². The highest BCUT2D eigenvalue weighted by molar-refractivity contribution is 7.22. The molecule has 13 aromatic rings. The third kappa shape index (κ3) is 6.86. The Hall–Kier alpha value is -10.1. The average molecular weight is 1060 g/mol. The standard InChI is InChI=1S/C80H55NSi/c1-5-26-58(27-6-1)79(59-28-7-2-8-29-59)73-42-18-15-39-69(73)70-52-51-64(55-76(70)79)81(63-33-24-32-61(54-63)80(60-30-9-3-10-31-60)74-43-19-13-37-67(74)68-38-14-20-44-75(68)80)62-49-47-56(48-50-62)57-25-23-36-66(53-57)82(65-34-11-4-12-35-65)77-45-21-16-40-71(77)72-41-17-22-46-78(72)82/h1-55H. The second-order valence-corrected chi connectivity index (χ2v) is 25.9. The largest absolute Gasteiger partial charge is 0.310 e. The summed E-state index contributed by atoms with van der Waals surface area (Å²) >= 11 is 0. The molecule has 0 saturated heterocycles. The van der Waals surface area contributed by atoms with Gasteiger partial charge in [-0.3, -0.25) is 0 Å². The van der Waals surface area contributed by atoms with Crippen molar-refractivity contribution in [3.8, 4) is 44.5 Å². The van der Waals surface area contributed by atoms with Crippen LogP contribution in [0.25, 0.3) is 44.5 Å². The second kappa shape index (κ2) is 19.0. The second-order valence-electron chi connectivity index (χ2n) is 22.2. The molecule has 16 rings (SSSR count). The summed E-state index contributed by atoms with van der Waals surface area (Å²) in [6.07, 6.45) is 0. The predicted molar refractivity (Wildman–Crippen MR) is 344 cm³/mol. The minimum Gasteiger partial charge on any atom is -0.310 e. The summed E-state index contributed by atoms with van der Waals surface area (Å²) in [7, 11) is -2.70. The van der Waals surface area contributed by atoms with Gasteiger partial charge in [0.25, 0.3) is 0 Å². The van der Waals surface area contributed by atoms with Crippen LogP contribution < -0.4 is 25.6 Å². The monoisotopic (exact) mass is 1060 g/mol. The van der Waals surface area contributed by atoms with Crippen LogP contribution in [0.15, 0.2) is 334 Å². The maximum absolute atomic E-state index is 2.70. The summed E-state index contributed by atoms with van der Waals surface area (Å²) in [6.45, 7) is 0. The summed E-state index contributed by atoms with van der Waals surface area (Å²) < 4.78 is 0. The number of nitrogens with zero attached hydrogens (tertiary/aromatic N) is 1. The molecular formula is C80H55NSi. The lowest BCUT2D eigenvalue weighted by Gasteiger charge is -2.36. The van der Waals surface area contributed by atoms with Gasteiger partial charge in [-0.05, 0) is 146 Å². The molecule has 13 aromatic carbocycles. The van der Waals surface area contributed by atoms with E-state index in [1.807, 2.05) is 0 Å². The average Bonchev–Trinajstić information content (AvgIpc) is 3.26. The van der Waals surface area contributed by atoms with Crippen molar-refractivity contribution in [1.29, 1.82) is 0 Å². The van der Waals surface area contributed by atoms with Crippen molar-refractivity contribution in [3.05, 3.63) is 378 Å². The van der Waals surface area contributed by atoms with Crippen molar-refractivity contribution in [3.63, 3.8) is 0 Å². The van der Waals surface area contributed by atoms with Gasteiger partial charge in [0.2, 0.25) is 0 Å². The molecule has 82 heavy (non-hydrogen) atoms. The normalized spacial score (nSPS) is 14.1. The zero-order chi connectivity index (χ0) is 54.2. The van der Waals surface area contributed by atoms with Gasteiger partial charge < -0.3 is 4.90 Å². The van der Waals surface area contributed by atoms with E-state index in [0.717, 1.165) is 17.1 Å². The molecule has 0 spiro atoms. The number of anilines is 3. The van der Waals surface area contributed by atoms with Crippen LogP contribution in [0.1, 0.15) is 44.5 Å². The molecule has 2 heteroatoms. The Morgan fingerprint density at radius 1 is 0.220 bits per heavy atom. The molecule has 1 aliphatic heterocycles. The maximum atomic E-state index is 2.50. The molecule has 0 amide bonds. The van der Waals surface area contributed by atoms with Gasteiger partial charge in [-0.1, -0.05) is 297 Å². The molecule has 0 fully saturated rings. The van der Waals surface area contributed by atoms with E-state index in [9.17, 15) is 0 Å². The fraction of sp³-hybridized carbons (Fsp3) is 0.0250. The first kappa shape index (κ1) is 47.8. The molecular weight excluding hydrogens is 1000 g/mol. The Morgan fingerprint density at radius 2 is 0.610 bits per heavy atom. The van der Waals surface area contributed by atoms with Gasteiger partial charge in [-0.15, -0.1) is 0 Å². The predicted octanol–water partition coefficient (Wildman–Crippen LogP) is 16.9. The van der Waals surface area contributed by atoms with Crippen molar-refractivity contribution in [2.75, 3.05) is 4.90 Å². The zero-order valence-electron chi connectivity index (χ0n) is 45.2. The number of hydrogen-bond donors (Lipinski definition) is 0. The Bertz CT molecular complexity index is 4440. The summed E-state index contributed by atoms with van der Waals surface area (Å²) in [6, 6.07) is 126. The van der Waals surface area contributed by atoms with Crippen LogP contribution >= 0.6 is 0 Å². The van der Waals surface area contributed by atoms with E-state index in [1.54, 1.807) is 0 Å². The lowest BCUT2D eigenvalue weighted by Crippen LogP contribution is -2.72. The van der Waals surface area contributed by atoms with Crippen LogP contribution in [0.4, 0.5) is 17.1 Å². The topological polar surface area (TPSA) is 3.24 Å². The van der Waals surface area contributed by atoms with E-state index in [4.69, 9.17) is 0 Å². The molecule has 1 nitrogen and oxygen atoms in total. The molecule has 0 bridgehead atoms. The highest BCUT2D eigenvalue weighted by Gasteiger charge is 2.50. The minimum absolute atomic E-state index is 0.567. The number of benzene rings is 13. The Kier molecular flexibility index (Phi) is 11.1. The van der Waals surface area contributed by atoms with Gasteiger partial charge in [0.15, 0.2) is 8.07 Å². The molecule has 1 heterocycles. The van der Waals surface area contributed by atoms with Gasteiger partial charge in [0.1, 0.15) is 0 Å². The van der Waals surface area contributed by atoms with Crippen LogP contribution in [0.2, 0.25) is 0 Å². The fourth-order valence-electron chi connectivity index (χ4n) is 15.1. The van der Waals surface area contributed by atoms with Crippen molar-refractivity contribution >= 4 is 45.9 Å². The lowest BCUT2D eigenvalue weighted by molar-refractivity contribution is 0.767. The van der Waals surface area contributed by atoms with Gasteiger partial charge in [0.05, 0.1) is 10.8 Å². The maximum Gasteiger partial charge on any atom is 0.180 e. The van der Waals surface area contributed by atoms with Crippen LogP contribution in [0.3, 0.4) is 0 Å². The van der Waals surface area contributed by atoms with E-state index >= 15 is 0 Å². The Labute approximate surface area is 481 Å². The molecule has 0 radical (unpaired) electrons. The summed E-state index contributed by atoms with van der Waals surface area (Å²) in [5, 5.41) is 5.69. The summed E-state index contributed by atoms with van der Waals surface area (Å²) in [5.41, 5.74) is 22.4. The molecule has 384 valence electrons. The fourth-order valence-corrected chi connectivity index (χ4v) is 20.3. The molecule has 0 unspecified atom stereocenters. The highest BCUT2D eigenvalue weighted by atomic mass is 28.3. The molecule has 0 N–H and O–H groups in total. The van der Waals surface area contributed by atoms with Gasteiger partial charge in [-0.25, -0.2) is 0 Å². The van der Waals surface area contributed by atoms with Gasteiger partial charge in [0, 0.05) is 17.1 Å². The minimum atomic E-state index is -2.70. The van der Waals surface area contributed by atoms with Crippen molar-refractivity contribution in [2.45, 2.75) is 10.8 Å². The van der Waals surface area contributed by atoms with Crippen LogP contribution in [0, 0.1) is 0 Å². The van der Waals surface area contributed by atoms with E-state index in [2.05, 4.69) is 339 Å². The molecule has 0 saturated carbocycles. The Balaban J connectivity index is 0.903. The first-order chi connectivity index (χ1) is 40.7. The van der Waals surface area contributed by atoms with Crippen LogP contribution in [0.5, 0.6) is 0 Å². The summed E-state index contributed by atoms with van der Waals surface area (Å²) in [5.74, 6) is 0. The molecule has 2 aliphatic carbocycles. The lowest BCUT2D eigenvalue weighted by atomic mass is 9.67. The SMILES string of the molecule is c1ccc(C2(c3cccc(N(c4ccc(-c5cccc([Si]6(c7ccccc7)c7ccccc7-c7ccccc76)c5)cc4)c4ccc5c(c4)C(c4ccccc4)(c4ccccc4)c4ccccc4-5)c3)c3ccccc3-c3ccccc32)cc1. The van der Waals surface area contributed by atoms with E-state index in [1.165, 1.54) is 110 Å². The first-order valence-electron chi connectivity index (χ1n) is 28.7. The molecule has 0 aromatic heterocycles. The number of fused-ring (bicyclic) bond motifs is 9. The third-order valence-corrected chi connectivity index (χ3v) is 23.2. The van der Waals surface area contributed by atoms with E-state index in [0.29, 0.717) is 0 Å². The highest BCUT2D eigenvalue weighted by Crippen LogP contribution is 2.59. The van der Waals surface area contributed by atoms with Crippen molar-refractivity contribution in [1.82, 2.24) is 0 Å². The van der Waals surface area contributed by atoms with E-state index in [-0.39, 0.29) is 0 Å². The van der Waals surface area contributed by atoms with Crippen LogP contribution in [-0.4, -0.2) is 8.07 Å². The molecule has 0 atom stereocenters.